The molecule has 1 aromatic heterocycles. The summed E-state index contributed by atoms with van der Waals surface area (Å²) in [5, 5.41) is 13.4. The topological polar surface area (TPSA) is 41.6 Å². The number of aromatic nitrogens is 2. The van der Waals surface area contributed by atoms with E-state index in [9.17, 15) is 0 Å². The van der Waals surface area contributed by atoms with Crippen LogP contribution in [0.5, 0.6) is 0 Å². The molecular formula is C16H15N3. The average Bonchev–Trinajstić information content (AvgIpc) is 2.98. The molecule has 3 nitrogen and oxygen atoms in total. The third kappa shape index (κ3) is 1.86. The maximum Gasteiger partial charge on any atom is 0.0991 e. The lowest BCUT2D eigenvalue weighted by Crippen LogP contribution is -1.99. The third-order valence-electron chi connectivity index (χ3n) is 3.79. The van der Waals surface area contributed by atoms with Gasteiger partial charge in [0, 0.05) is 23.7 Å². The van der Waals surface area contributed by atoms with Crippen LogP contribution in [0.4, 0.5) is 0 Å². The van der Waals surface area contributed by atoms with Crippen LogP contribution < -0.4 is 0 Å². The first-order valence-electron chi connectivity index (χ1n) is 6.41. The second kappa shape index (κ2) is 4.40. The normalized spacial score (nSPS) is 16.9. The average molecular weight is 249 g/mol. The van der Waals surface area contributed by atoms with Crippen LogP contribution in [0.25, 0.3) is 11.1 Å². The molecular weight excluding hydrogens is 234 g/mol. The lowest BCUT2D eigenvalue weighted by Gasteiger charge is -2.06. The molecule has 1 aliphatic heterocycles. The minimum Gasteiger partial charge on any atom is -0.268 e. The van der Waals surface area contributed by atoms with Gasteiger partial charge in [0.2, 0.25) is 0 Å². The Labute approximate surface area is 112 Å². The Hall–Kier alpha value is -2.34. The first kappa shape index (κ1) is 11.7. The predicted molar refractivity (Wildman–Crippen MR) is 74.5 cm³/mol. The molecule has 1 aliphatic rings. The Bertz CT molecular complexity index is 689. The number of nitrogens with zero attached hydrogens (tertiary/aromatic N) is 3. The van der Waals surface area contributed by atoms with Crippen LogP contribution in [-0.2, 0) is 13.0 Å². The summed E-state index contributed by atoms with van der Waals surface area (Å²) in [5.74, 6) is 0.487. The van der Waals surface area contributed by atoms with Gasteiger partial charge in [-0.1, -0.05) is 12.1 Å². The van der Waals surface area contributed by atoms with E-state index in [1.54, 1.807) is 0 Å². The largest absolute Gasteiger partial charge is 0.268 e. The van der Waals surface area contributed by atoms with Crippen molar-refractivity contribution in [2.45, 2.75) is 19.9 Å². The molecule has 0 spiro atoms. The number of benzene rings is 1. The van der Waals surface area contributed by atoms with E-state index in [2.05, 4.69) is 22.4 Å². The van der Waals surface area contributed by atoms with Gasteiger partial charge in [0.1, 0.15) is 0 Å². The molecule has 0 saturated heterocycles. The standard InChI is InChI=1S/C16H15N3/c1-3-12-7-16-15(9-18-19(16)10-12)14-5-4-13(8-17)6-11(14)2/h3-6,9,12H,1,7,10H2,2H3/t12-/m1/s1. The monoisotopic (exact) mass is 249 g/mol. The molecule has 94 valence electrons. The van der Waals surface area contributed by atoms with Crippen molar-refractivity contribution in [1.82, 2.24) is 9.78 Å². The number of nitriles is 1. The van der Waals surface area contributed by atoms with Crippen molar-refractivity contribution in [3.8, 4) is 17.2 Å². The van der Waals surface area contributed by atoms with Gasteiger partial charge in [-0.3, -0.25) is 4.68 Å². The third-order valence-corrected chi connectivity index (χ3v) is 3.79. The quantitative estimate of drug-likeness (QED) is 0.767. The molecule has 3 rings (SSSR count). The molecule has 0 aliphatic carbocycles. The van der Waals surface area contributed by atoms with Crippen LogP contribution >= 0.6 is 0 Å². The van der Waals surface area contributed by atoms with E-state index < -0.39 is 0 Å². The number of hydrogen-bond acceptors (Lipinski definition) is 2. The van der Waals surface area contributed by atoms with Gasteiger partial charge in [0.25, 0.3) is 0 Å². The van der Waals surface area contributed by atoms with E-state index in [-0.39, 0.29) is 0 Å². The summed E-state index contributed by atoms with van der Waals surface area (Å²) in [7, 11) is 0. The molecule has 0 amide bonds. The molecule has 2 heterocycles. The lowest BCUT2D eigenvalue weighted by atomic mass is 9.97. The fourth-order valence-corrected chi connectivity index (χ4v) is 2.74. The van der Waals surface area contributed by atoms with Crippen molar-refractivity contribution in [2.75, 3.05) is 0 Å². The van der Waals surface area contributed by atoms with Crippen molar-refractivity contribution in [1.29, 1.82) is 5.26 Å². The molecule has 0 unspecified atom stereocenters. The van der Waals surface area contributed by atoms with Crippen LogP contribution in [0, 0.1) is 24.2 Å². The molecule has 0 radical (unpaired) electrons. The minimum atomic E-state index is 0.487. The fourth-order valence-electron chi connectivity index (χ4n) is 2.74. The molecule has 1 atom stereocenters. The first-order valence-corrected chi connectivity index (χ1v) is 6.41. The summed E-state index contributed by atoms with van der Waals surface area (Å²) in [6.07, 6.45) is 4.94. The van der Waals surface area contributed by atoms with Gasteiger partial charge in [0.15, 0.2) is 0 Å². The first-order chi connectivity index (χ1) is 9.22. The highest BCUT2D eigenvalue weighted by atomic mass is 15.3. The van der Waals surface area contributed by atoms with Crippen LogP contribution in [0.2, 0.25) is 0 Å². The maximum absolute atomic E-state index is 8.93. The summed E-state index contributed by atoms with van der Waals surface area (Å²) in [4.78, 5) is 0. The van der Waals surface area contributed by atoms with Gasteiger partial charge in [-0.05, 0) is 36.6 Å². The second-order valence-electron chi connectivity index (χ2n) is 5.03. The Balaban J connectivity index is 2.06. The van der Waals surface area contributed by atoms with E-state index in [4.69, 9.17) is 5.26 Å². The summed E-state index contributed by atoms with van der Waals surface area (Å²) in [6.45, 7) is 6.84. The Kier molecular flexibility index (Phi) is 2.72. The Morgan fingerprint density at radius 3 is 3.00 bits per heavy atom. The Morgan fingerprint density at radius 2 is 2.32 bits per heavy atom. The number of aryl methyl sites for hydroxylation is 1. The van der Waals surface area contributed by atoms with Gasteiger partial charge in [-0.25, -0.2) is 0 Å². The molecule has 2 aromatic rings. The zero-order valence-electron chi connectivity index (χ0n) is 10.9. The van der Waals surface area contributed by atoms with Gasteiger partial charge >= 0.3 is 0 Å². The second-order valence-corrected chi connectivity index (χ2v) is 5.03. The predicted octanol–water partition coefficient (Wildman–Crippen LogP) is 3.09. The number of fused-ring (bicyclic) bond motifs is 1. The number of rotatable bonds is 2. The smallest absolute Gasteiger partial charge is 0.0991 e. The number of hydrogen-bond donors (Lipinski definition) is 0. The fraction of sp³-hybridized carbons (Fsp3) is 0.250. The molecule has 19 heavy (non-hydrogen) atoms. The molecule has 0 bridgehead atoms. The SMILES string of the molecule is C=C[C@@H]1Cc2c(-c3ccc(C#N)cc3C)cnn2C1. The molecule has 0 N–H and O–H groups in total. The van der Waals surface area contributed by atoms with Crippen molar-refractivity contribution in [3.63, 3.8) is 0 Å². The summed E-state index contributed by atoms with van der Waals surface area (Å²) < 4.78 is 2.07. The highest BCUT2D eigenvalue weighted by molar-refractivity contribution is 5.70. The van der Waals surface area contributed by atoms with E-state index >= 15 is 0 Å². The highest BCUT2D eigenvalue weighted by Gasteiger charge is 2.24. The van der Waals surface area contributed by atoms with Crippen molar-refractivity contribution >= 4 is 0 Å². The molecule has 0 saturated carbocycles. The molecule has 1 aromatic carbocycles. The van der Waals surface area contributed by atoms with Gasteiger partial charge < -0.3 is 0 Å². The van der Waals surface area contributed by atoms with E-state index in [0.29, 0.717) is 11.5 Å². The van der Waals surface area contributed by atoms with Crippen molar-refractivity contribution < 1.29 is 0 Å². The van der Waals surface area contributed by atoms with Crippen molar-refractivity contribution in [3.05, 3.63) is 53.9 Å². The van der Waals surface area contributed by atoms with Crippen LogP contribution in [0.15, 0.2) is 37.1 Å². The summed E-state index contributed by atoms with van der Waals surface area (Å²) >= 11 is 0. The van der Waals surface area contributed by atoms with Crippen molar-refractivity contribution in [2.24, 2.45) is 5.92 Å². The van der Waals surface area contributed by atoms with Gasteiger partial charge in [0.05, 0.1) is 17.8 Å². The summed E-state index contributed by atoms with van der Waals surface area (Å²) in [6, 6.07) is 7.99. The van der Waals surface area contributed by atoms with E-state index in [0.717, 1.165) is 18.5 Å². The maximum atomic E-state index is 8.93. The highest BCUT2D eigenvalue weighted by Crippen LogP contribution is 2.32. The molecule has 0 fully saturated rings. The summed E-state index contributed by atoms with van der Waals surface area (Å²) in [5.41, 5.74) is 5.46. The van der Waals surface area contributed by atoms with E-state index in [1.165, 1.54) is 16.8 Å². The van der Waals surface area contributed by atoms with Crippen LogP contribution in [-0.4, -0.2) is 9.78 Å². The minimum absolute atomic E-state index is 0.487. The Morgan fingerprint density at radius 1 is 1.47 bits per heavy atom. The van der Waals surface area contributed by atoms with Gasteiger partial charge in [-0.2, -0.15) is 10.4 Å². The lowest BCUT2D eigenvalue weighted by molar-refractivity contribution is 0.574. The van der Waals surface area contributed by atoms with E-state index in [1.807, 2.05) is 37.4 Å². The van der Waals surface area contributed by atoms with Gasteiger partial charge in [-0.15, -0.1) is 6.58 Å². The van der Waals surface area contributed by atoms with Crippen LogP contribution in [0.3, 0.4) is 0 Å². The number of allylic oxidation sites excluding steroid dienone is 1. The molecule has 3 heteroatoms. The zero-order valence-corrected chi connectivity index (χ0v) is 10.9. The van der Waals surface area contributed by atoms with Crippen LogP contribution in [0.1, 0.15) is 16.8 Å². The zero-order chi connectivity index (χ0) is 13.4.